The number of aliphatic hydroxyl groups is 1. The van der Waals surface area contributed by atoms with Crippen molar-refractivity contribution in [3.8, 4) is 0 Å². The number of nitrogens with zero attached hydrogens (tertiary/aromatic N) is 3. The van der Waals surface area contributed by atoms with E-state index in [1.165, 1.54) is 0 Å². The van der Waals surface area contributed by atoms with Crippen LogP contribution in [-0.4, -0.2) is 79.5 Å². The topological polar surface area (TPSA) is 64.1 Å². The molecule has 0 spiro atoms. The van der Waals surface area contributed by atoms with E-state index < -0.39 is 10.2 Å². The fourth-order valence-electron chi connectivity index (χ4n) is 2.98. The van der Waals surface area contributed by atoms with Crippen molar-refractivity contribution >= 4 is 10.2 Å². The van der Waals surface area contributed by atoms with Crippen LogP contribution in [0.25, 0.3) is 0 Å². The van der Waals surface area contributed by atoms with Gasteiger partial charge in [0.15, 0.2) is 0 Å². The largest absolute Gasteiger partial charge is 0.395 e. The Morgan fingerprint density at radius 1 is 0.750 bits per heavy atom. The first-order valence-corrected chi connectivity index (χ1v) is 9.13. The molecule has 0 aromatic heterocycles. The van der Waals surface area contributed by atoms with Crippen LogP contribution < -0.4 is 0 Å². The number of hydrogen-bond acceptors (Lipinski definition) is 4. The minimum atomic E-state index is -3.29. The van der Waals surface area contributed by atoms with E-state index in [2.05, 4.69) is 4.90 Å². The average molecular weight is 305 g/mol. The summed E-state index contributed by atoms with van der Waals surface area (Å²) in [7, 11) is -3.29. The van der Waals surface area contributed by atoms with Crippen molar-refractivity contribution in [3.05, 3.63) is 0 Å². The van der Waals surface area contributed by atoms with E-state index in [0.29, 0.717) is 39.3 Å². The SMILES string of the molecule is O=S(=O)(N1CCCCCC1)N1CCCN(CCO)CC1. The number of β-amino-alcohol motifs (C(OH)–C–C–N with tert-alkyl or cyclic N) is 1. The molecule has 0 bridgehead atoms. The number of aliphatic hydroxyl groups excluding tert-OH is 1. The Bertz CT molecular complexity index is 380. The predicted molar refractivity (Wildman–Crippen MR) is 78.7 cm³/mol. The van der Waals surface area contributed by atoms with E-state index >= 15 is 0 Å². The monoisotopic (exact) mass is 305 g/mol. The molecular weight excluding hydrogens is 278 g/mol. The second-order valence-electron chi connectivity index (χ2n) is 5.64. The molecule has 2 aliphatic heterocycles. The van der Waals surface area contributed by atoms with Gasteiger partial charge >= 0.3 is 0 Å². The van der Waals surface area contributed by atoms with Crippen molar-refractivity contribution in [2.45, 2.75) is 32.1 Å². The van der Waals surface area contributed by atoms with Gasteiger partial charge < -0.3 is 5.11 Å². The van der Waals surface area contributed by atoms with Crippen LogP contribution in [0.15, 0.2) is 0 Å². The third-order valence-corrected chi connectivity index (χ3v) is 6.22. The van der Waals surface area contributed by atoms with Crippen LogP contribution in [-0.2, 0) is 10.2 Å². The standard InChI is InChI=1S/C13H27N3O3S/c17-13-12-14-6-5-9-16(11-10-14)20(18,19)15-7-3-1-2-4-8-15/h17H,1-13H2. The highest BCUT2D eigenvalue weighted by Crippen LogP contribution is 2.17. The second-order valence-corrected chi connectivity index (χ2v) is 7.57. The van der Waals surface area contributed by atoms with Crippen LogP contribution in [0.3, 0.4) is 0 Å². The molecule has 7 heteroatoms. The third-order valence-electron chi connectivity index (χ3n) is 4.18. The molecule has 2 saturated heterocycles. The van der Waals surface area contributed by atoms with Gasteiger partial charge in [-0.2, -0.15) is 17.0 Å². The molecule has 0 radical (unpaired) electrons. The molecule has 118 valence electrons. The van der Waals surface area contributed by atoms with Gasteiger partial charge in [0.1, 0.15) is 0 Å². The highest BCUT2D eigenvalue weighted by Gasteiger charge is 2.31. The fourth-order valence-corrected chi connectivity index (χ4v) is 4.70. The molecule has 1 N–H and O–H groups in total. The van der Waals surface area contributed by atoms with Crippen molar-refractivity contribution < 1.29 is 13.5 Å². The smallest absolute Gasteiger partial charge is 0.282 e. The first-order valence-electron chi connectivity index (χ1n) is 7.73. The van der Waals surface area contributed by atoms with Crippen LogP contribution in [0, 0.1) is 0 Å². The lowest BCUT2D eigenvalue weighted by Gasteiger charge is -2.28. The zero-order valence-electron chi connectivity index (χ0n) is 12.2. The zero-order valence-corrected chi connectivity index (χ0v) is 13.0. The Balaban J connectivity index is 1.97. The van der Waals surface area contributed by atoms with Gasteiger partial charge in [-0.15, -0.1) is 0 Å². The Kier molecular flexibility index (Phi) is 6.22. The Hall–Kier alpha value is -0.210. The molecule has 2 heterocycles. The third kappa shape index (κ3) is 4.14. The molecule has 0 unspecified atom stereocenters. The van der Waals surface area contributed by atoms with Crippen molar-refractivity contribution in [1.82, 2.24) is 13.5 Å². The van der Waals surface area contributed by atoms with E-state index in [-0.39, 0.29) is 6.61 Å². The van der Waals surface area contributed by atoms with Crippen LogP contribution in [0.2, 0.25) is 0 Å². The highest BCUT2D eigenvalue weighted by atomic mass is 32.2. The molecule has 0 atom stereocenters. The van der Waals surface area contributed by atoms with Crippen molar-refractivity contribution in [2.24, 2.45) is 0 Å². The Morgan fingerprint density at radius 3 is 2.00 bits per heavy atom. The van der Waals surface area contributed by atoms with Gasteiger partial charge in [0.05, 0.1) is 6.61 Å². The maximum atomic E-state index is 12.7. The van der Waals surface area contributed by atoms with Crippen molar-refractivity contribution in [3.63, 3.8) is 0 Å². The molecule has 0 aromatic rings. The average Bonchev–Trinajstić information content (AvgIpc) is 2.82. The van der Waals surface area contributed by atoms with E-state index in [1.54, 1.807) is 8.61 Å². The van der Waals surface area contributed by atoms with Gasteiger partial charge in [-0.05, 0) is 25.8 Å². The molecule has 20 heavy (non-hydrogen) atoms. The predicted octanol–water partition coefficient (Wildman–Crippen LogP) is 0.107. The minimum Gasteiger partial charge on any atom is -0.395 e. The summed E-state index contributed by atoms with van der Waals surface area (Å²) in [6.07, 6.45) is 5.06. The van der Waals surface area contributed by atoms with E-state index in [4.69, 9.17) is 5.11 Å². The van der Waals surface area contributed by atoms with Crippen molar-refractivity contribution in [2.75, 3.05) is 52.4 Å². The number of rotatable bonds is 4. The van der Waals surface area contributed by atoms with Crippen LogP contribution in [0.4, 0.5) is 0 Å². The molecule has 0 aliphatic carbocycles. The fraction of sp³-hybridized carbons (Fsp3) is 1.00. The first-order chi connectivity index (χ1) is 9.64. The summed E-state index contributed by atoms with van der Waals surface area (Å²) < 4.78 is 28.7. The lowest BCUT2D eigenvalue weighted by atomic mass is 10.2. The lowest BCUT2D eigenvalue weighted by molar-refractivity contribution is 0.201. The summed E-state index contributed by atoms with van der Waals surface area (Å²) in [5.74, 6) is 0. The van der Waals surface area contributed by atoms with Gasteiger partial charge in [0, 0.05) is 39.3 Å². The van der Waals surface area contributed by atoms with Crippen LogP contribution in [0.1, 0.15) is 32.1 Å². The van der Waals surface area contributed by atoms with Gasteiger partial charge in [-0.3, -0.25) is 4.90 Å². The lowest BCUT2D eigenvalue weighted by Crippen LogP contribution is -2.45. The Labute approximate surface area is 122 Å². The van der Waals surface area contributed by atoms with Crippen LogP contribution >= 0.6 is 0 Å². The van der Waals surface area contributed by atoms with Gasteiger partial charge in [0.2, 0.25) is 0 Å². The second kappa shape index (κ2) is 7.70. The van der Waals surface area contributed by atoms with Gasteiger partial charge in [0.25, 0.3) is 10.2 Å². The Morgan fingerprint density at radius 2 is 1.35 bits per heavy atom. The molecular formula is C13H27N3O3S. The summed E-state index contributed by atoms with van der Waals surface area (Å²) in [5.41, 5.74) is 0. The summed E-state index contributed by atoms with van der Waals surface area (Å²) in [5, 5.41) is 8.99. The maximum Gasteiger partial charge on any atom is 0.282 e. The summed E-state index contributed by atoms with van der Waals surface area (Å²) in [6, 6.07) is 0. The minimum absolute atomic E-state index is 0.138. The van der Waals surface area contributed by atoms with Crippen molar-refractivity contribution in [1.29, 1.82) is 0 Å². The number of hydrogen-bond donors (Lipinski definition) is 1. The zero-order chi connectivity index (χ0) is 14.4. The summed E-state index contributed by atoms with van der Waals surface area (Å²) in [6.45, 7) is 4.83. The first kappa shape index (κ1) is 16.2. The molecule has 0 saturated carbocycles. The molecule has 0 aromatic carbocycles. The quantitative estimate of drug-likeness (QED) is 0.800. The highest BCUT2D eigenvalue weighted by molar-refractivity contribution is 7.86. The summed E-state index contributed by atoms with van der Waals surface area (Å²) in [4.78, 5) is 2.14. The summed E-state index contributed by atoms with van der Waals surface area (Å²) >= 11 is 0. The normalized spacial score (nSPS) is 25.2. The van der Waals surface area contributed by atoms with Gasteiger partial charge in [-0.1, -0.05) is 12.8 Å². The molecule has 0 amide bonds. The van der Waals surface area contributed by atoms with Crippen LogP contribution in [0.5, 0.6) is 0 Å². The van der Waals surface area contributed by atoms with E-state index in [1.807, 2.05) is 0 Å². The molecule has 2 rings (SSSR count). The molecule has 2 fully saturated rings. The van der Waals surface area contributed by atoms with E-state index in [0.717, 1.165) is 38.6 Å². The van der Waals surface area contributed by atoms with E-state index in [9.17, 15) is 8.42 Å². The van der Waals surface area contributed by atoms with Gasteiger partial charge in [-0.25, -0.2) is 0 Å². The molecule has 6 nitrogen and oxygen atoms in total. The maximum absolute atomic E-state index is 12.7. The molecule has 2 aliphatic rings.